The van der Waals surface area contributed by atoms with Gasteiger partial charge in [0, 0.05) is 18.8 Å². The number of amides is 2. The summed E-state index contributed by atoms with van der Waals surface area (Å²) in [6.45, 7) is 13.6. The van der Waals surface area contributed by atoms with Crippen molar-refractivity contribution in [2.45, 2.75) is 73.5 Å². The van der Waals surface area contributed by atoms with Crippen molar-refractivity contribution in [2.24, 2.45) is 11.8 Å². The van der Waals surface area contributed by atoms with E-state index < -0.39 is 20.6 Å². The van der Waals surface area contributed by atoms with Crippen LogP contribution in [0.25, 0.3) is 0 Å². The topological polar surface area (TPSA) is 115 Å². The number of benzene rings is 4. The number of hydrogen-bond acceptors (Lipinski definition) is 8. The molecule has 2 amide bonds. The summed E-state index contributed by atoms with van der Waals surface area (Å²) in [5.74, 6) is 0.0257. The van der Waals surface area contributed by atoms with Crippen LogP contribution in [0.1, 0.15) is 75.6 Å². The lowest BCUT2D eigenvalue weighted by Crippen LogP contribution is -2.32. The average Bonchev–Trinajstić information content (AvgIpc) is 3.13. The zero-order chi connectivity index (χ0) is 38.2. The molecule has 4 rings (SSSR count). The summed E-state index contributed by atoms with van der Waals surface area (Å²) in [5.41, 5.74) is 5.67. The molecule has 4 aromatic rings. The minimum absolute atomic E-state index is 0.0140. The molecule has 0 spiro atoms. The van der Waals surface area contributed by atoms with Gasteiger partial charge in [0.05, 0.1) is 31.0 Å². The van der Waals surface area contributed by atoms with Gasteiger partial charge in [0.2, 0.25) is 6.79 Å². The van der Waals surface area contributed by atoms with Crippen molar-refractivity contribution in [1.29, 1.82) is 0 Å². The molecule has 0 aromatic heterocycles. The first-order chi connectivity index (χ1) is 25.4. The van der Waals surface area contributed by atoms with Crippen LogP contribution in [0, 0.1) is 18.8 Å². The first-order valence-corrected chi connectivity index (χ1v) is 19.7. The molecule has 0 saturated heterocycles. The first kappa shape index (κ1) is 41.3. The zero-order valence-electron chi connectivity index (χ0n) is 31.7. The number of carbonyl (C=O) groups excluding carboxylic acids is 2. The van der Waals surface area contributed by atoms with Gasteiger partial charge >= 0.3 is 19.8 Å². The number of phosphoric acid groups is 1. The first-order valence-electron chi connectivity index (χ1n) is 18.2. The molecule has 0 saturated carbocycles. The fraction of sp³-hybridized carbons (Fsp3) is 0.381. The molecule has 0 heterocycles. The number of nitrogens with zero attached hydrogens (tertiary/aromatic N) is 1. The number of ether oxygens (including phenoxy) is 1. The summed E-state index contributed by atoms with van der Waals surface area (Å²) in [7, 11) is -4.12. The largest absolute Gasteiger partial charge is 0.478 e. The molecule has 0 radical (unpaired) electrons. The Labute approximate surface area is 314 Å². The van der Waals surface area contributed by atoms with Crippen molar-refractivity contribution in [3.05, 3.63) is 125 Å². The third-order valence-corrected chi connectivity index (χ3v) is 9.76. The Hall–Kier alpha value is -4.47. The molecule has 0 aliphatic carbocycles. The smallest absolute Gasteiger partial charge is 0.438 e. The molecule has 53 heavy (non-hydrogen) atoms. The van der Waals surface area contributed by atoms with Crippen LogP contribution in [0.15, 0.2) is 103 Å². The number of phosphoric ester groups is 1. The molecule has 0 bridgehead atoms. The van der Waals surface area contributed by atoms with Crippen molar-refractivity contribution in [3.8, 4) is 0 Å². The molecule has 284 valence electrons. The maximum absolute atomic E-state index is 13.6. The number of rotatable bonds is 20. The number of carbonyl (C=O) groups is 2. The van der Waals surface area contributed by atoms with Gasteiger partial charge < -0.3 is 20.3 Å². The highest BCUT2D eigenvalue weighted by Gasteiger charge is 2.29. The summed E-state index contributed by atoms with van der Waals surface area (Å²) in [4.78, 5) is 28.8. The summed E-state index contributed by atoms with van der Waals surface area (Å²) in [5, 5.41) is 6.07. The van der Waals surface area contributed by atoms with Gasteiger partial charge in [0.15, 0.2) is 0 Å². The van der Waals surface area contributed by atoms with Crippen molar-refractivity contribution >= 4 is 36.9 Å². The lowest BCUT2D eigenvalue weighted by atomic mass is 9.92. The Balaban J connectivity index is 1.47. The second kappa shape index (κ2) is 20.7. The zero-order valence-corrected chi connectivity index (χ0v) is 32.6. The summed E-state index contributed by atoms with van der Waals surface area (Å²) >= 11 is 0. The van der Waals surface area contributed by atoms with Crippen molar-refractivity contribution < 1.29 is 32.5 Å². The van der Waals surface area contributed by atoms with E-state index in [0.29, 0.717) is 23.9 Å². The average molecular weight is 744 g/mol. The Kier molecular flexibility index (Phi) is 16.1. The van der Waals surface area contributed by atoms with Gasteiger partial charge in [-0.3, -0.25) is 13.8 Å². The molecular weight excluding hydrogens is 689 g/mol. The number of esters is 1. The number of para-hydroxylation sites is 1. The quantitative estimate of drug-likeness (QED) is 0.0522. The lowest BCUT2D eigenvalue weighted by Gasteiger charge is -2.31. The van der Waals surface area contributed by atoms with E-state index in [4.69, 9.17) is 18.3 Å². The normalized spacial score (nSPS) is 12.1. The number of urea groups is 1. The van der Waals surface area contributed by atoms with Gasteiger partial charge in [-0.15, -0.1) is 0 Å². The second-order valence-electron chi connectivity index (χ2n) is 13.9. The Bertz CT molecular complexity index is 1730. The monoisotopic (exact) mass is 743 g/mol. The van der Waals surface area contributed by atoms with E-state index >= 15 is 0 Å². The molecule has 11 heteroatoms. The molecule has 0 aliphatic rings. The number of anilines is 3. The predicted octanol–water partition coefficient (Wildman–Crippen LogP) is 10.7. The van der Waals surface area contributed by atoms with Crippen LogP contribution in [0.3, 0.4) is 0 Å². The predicted molar refractivity (Wildman–Crippen MR) is 212 cm³/mol. The summed E-state index contributed by atoms with van der Waals surface area (Å²) in [6.07, 6.45) is 0.667. The van der Waals surface area contributed by atoms with Crippen LogP contribution in [-0.2, 0) is 40.9 Å². The van der Waals surface area contributed by atoms with E-state index in [0.717, 1.165) is 46.7 Å². The van der Waals surface area contributed by atoms with Crippen LogP contribution in [-0.4, -0.2) is 31.9 Å². The van der Waals surface area contributed by atoms with Crippen LogP contribution >= 0.6 is 7.82 Å². The Morgan fingerprint density at radius 1 is 0.717 bits per heavy atom. The number of aryl methyl sites for hydroxylation is 1. The van der Waals surface area contributed by atoms with Gasteiger partial charge in [-0.25, -0.2) is 13.9 Å². The molecule has 0 fully saturated rings. The molecule has 1 atom stereocenters. The van der Waals surface area contributed by atoms with E-state index in [1.807, 2.05) is 117 Å². The number of nitrogens with one attached hydrogen (secondary N) is 2. The highest BCUT2D eigenvalue weighted by atomic mass is 31.2. The Morgan fingerprint density at radius 3 is 1.81 bits per heavy atom. The van der Waals surface area contributed by atoms with Crippen LogP contribution in [0.2, 0.25) is 0 Å². The molecule has 0 aliphatic heterocycles. The van der Waals surface area contributed by atoms with Crippen LogP contribution in [0.4, 0.5) is 21.9 Å². The van der Waals surface area contributed by atoms with Crippen molar-refractivity contribution in [2.75, 3.05) is 35.4 Å². The van der Waals surface area contributed by atoms with E-state index in [1.165, 1.54) is 0 Å². The summed E-state index contributed by atoms with van der Waals surface area (Å²) in [6, 6.07) is 31.7. The molecule has 2 N–H and O–H groups in total. The SMILES string of the molecule is CC[C@@H](CC(=O)OCOP(=O)(OCc1ccccc1)OCc1ccccc1)c1ccc(N(CC(C)C)CC(C)C)c(NC(=O)Nc2ccccc2C)c1. The van der Waals surface area contributed by atoms with E-state index in [1.54, 1.807) is 0 Å². The highest BCUT2D eigenvalue weighted by molar-refractivity contribution is 7.48. The van der Waals surface area contributed by atoms with E-state index in [-0.39, 0.29) is 31.6 Å². The maximum Gasteiger partial charge on any atom is 0.478 e. The van der Waals surface area contributed by atoms with Crippen LogP contribution in [0.5, 0.6) is 0 Å². The highest BCUT2D eigenvalue weighted by Crippen LogP contribution is 2.51. The fourth-order valence-electron chi connectivity index (χ4n) is 5.81. The summed E-state index contributed by atoms with van der Waals surface area (Å²) < 4.78 is 35.8. The second-order valence-corrected chi connectivity index (χ2v) is 15.6. The van der Waals surface area contributed by atoms with E-state index in [9.17, 15) is 14.2 Å². The fourth-order valence-corrected chi connectivity index (χ4v) is 6.83. The molecule has 0 unspecified atom stereocenters. The van der Waals surface area contributed by atoms with Gasteiger partial charge in [-0.2, -0.15) is 0 Å². The standard InChI is InChI=1S/C42H54N3O7P/c1-7-36(25-41(46)49-30-52-53(48,50-28-34-17-10-8-11-18-34)51-29-35-19-12-9-13-20-35)37-22-23-40(45(26-31(2)3)27-32(4)5)39(24-37)44-42(47)43-38-21-15-14-16-33(38)6/h8-24,31-32,36H,7,25-30H2,1-6H3,(H2,43,44,47)/t36-/m0/s1. The third-order valence-electron chi connectivity index (χ3n) is 8.45. The minimum atomic E-state index is -4.12. The van der Waals surface area contributed by atoms with Gasteiger partial charge in [0.25, 0.3) is 0 Å². The van der Waals surface area contributed by atoms with Crippen LogP contribution < -0.4 is 15.5 Å². The maximum atomic E-state index is 13.6. The molecular formula is C42H54N3O7P. The molecule has 10 nitrogen and oxygen atoms in total. The van der Waals surface area contributed by atoms with Gasteiger partial charge in [0.1, 0.15) is 0 Å². The van der Waals surface area contributed by atoms with Crippen molar-refractivity contribution in [3.63, 3.8) is 0 Å². The van der Waals surface area contributed by atoms with E-state index in [2.05, 4.69) is 43.2 Å². The molecule has 4 aromatic carbocycles. The Morgan fingerprint density at radius 2 is 1.26 bits per heavy atom. The minimum Gasteiger partial charge on any atom is -0.438 e. The van der Waals surface area contributed by atoms with Crippen molar-refractivity contribution in [1.82, 2.24) is 0 Å². The van der Waals surface area contributed by atoms with Gasteiger partial charge in [-0.05, 0) is 71.6 Å². The lowest BCUT2D eigenvalue weighted by molar-refractivity contribution is -0.151. The third kappa shape index (κ3) is 13.8. The number of hydrogen-bond donors (Lipinski definition) is 2. The van der Waals surface area contributed by atoms with Gasteiger partial charge in [-0.1, -0.05) is 120 Å².